The quantitative estimate of drug-likeness (QED) is 0.939. The number of halogens is 1. The van der Waals surface area contributed by atoms with Gasteiger partial charge in [-0.05, 0) is 12.1 Å². The number of aromatic nitrogens is 2. The van der Waals surface area contributed by atoms with E-state index in [9.17, 15) is 4.79 Å². The molecule has 1 aliphatic heterocycles. The molecule has 20 heavy (non-hydrogen) atoms. The lowest BCUT2D eigenvalue weighted by atomic mass is 10.1. The molecule has 6 heteroatoms. The van der Waals surface area contributed by atoms with Crippen LogP contribution in [0.5, 0.6) is 5.75 Å². The third-order valence-electron chi connectivity index (χ3n) is 3.36. The summed E-state index contributed by atoms with van der Waals surface area (Å²) in [6.07, 6.45) is 3.64. The smallest absolute Gasteiger partial charge is 0.226 e. The highest BCUT2D eigenvalue weighted by Crippen LogP contribution is 2.37. The first kappa shape index (κ1) is 13.0. The average molecular weight is 292 g/mol. The number of rotatable bonds is 3. The van der Waals surface area contributed by atoms with Crippen molar-refractivity contribution in [2.75, 3.05) is 6.61 Å². The van der Waals surface area contributed by atoms with Crippen molar-refractivity contribution in [1.82, 2.24) is 14.9 Å². The van der Waals surface area contributed by atoms with E-state index in [0.717, 1.165) is 17.0 Å². The molecule has 0 unspecified atom stereocenters. The third-order valence-corrected chi connectivity index (χ3v) is 3.69. The summed E-state index contributed by atoms with van der Waals surface area (Å²) in [5.41, 5.74) is 1.72. The first-order chi connectivity index (χ1) is 9.65. The number of carbonyl (C=O) groups is 1. The van der Waals surface area contributed by atoms with Gasteiger partial charge in [-0.15, -0.1) is 0 Å². The fourth-order valence-corrected chi connectivity index (χ4v) is 2.61. The summed E-state index contributed by atoms with van der Waals surface area (Å²) in [5, 5.41) is 3.57. The lowest BCUT2D eigenvalue weighted by molar-refractivity contribution is -0.121. The fourth-order valence-electron chi connectivity index (χ4n) is 2.32. The van der Waals surface area contributed by atoms with Crippen LogP contribution in [0.3, 0.4) is 0 Å². The Bertz CT molecular complexity index is 654. The molecule has 5 nitrogen and oxygen atoms in total. The molecule has 0 fully saturated rings. The number of imidazole rings is 1. The topological polar surface area (TPSA) is 56.2 Å². The predicted octanol–water partition coefficient (Wildman–Crippen LogP) is 1.87. The summed E-state index contributed by atoms with van der Waals surface area (Å²) in [7, 11) is 1.86. The molecule has 1 amide bonds. The van der Waals surface area contributed by atoms with Crippen molar-refractivity contribution in [1.29, 1.82) is 0 Å². The SMILES string of the molecule is Cn1cncc1CC(=O)N[C@H]1COc2cccc(Cl)c21. The first-order valence-corrected chi connectivity index (χ1v) is 6.68. The van der Waals surface area contributed by atoms with Crippen LogP contribution in [0.1, 0.15) is 17.3 Å². The van der Waals surface area contributed by atoms with Crippen molar-refractivity contribution >= 4 is 17.5 Å². The molecule has 2 aromatic rings. The minimum absolute atomic E-state index is 0.0741. The molecule has 0 aliphatic carbocycles. The monoisotopic (exact) mass is 291 g/mol. The Morgan fingerprint density at radius 2 is 2.45 bits per heavy atom. The molecule has 0 saturated heterocycles. The van der Waals surface area contributed by atoms with Crippen molar-refractivity contribution in [2.45, 2.75) is 12.5 Å². The van der Waals surface area contributed by atoms with E-state index >= 15 is 0 Å². The van der Waals surface area contributed by atoms with E-state index in [1.807, 2.05) is 23.7 Å². The van der Waals surface area contributed by atoms with E-state index in [0.29, 0.717) is 11.6 Å². The minimum Gasteiger partial charge on any atom is -0.491 e. The first-order valence-electron chi connectivity index (χ1n) is 6.31. The molecule has 1 aromatic carbocycles. The van der Waals surface area contributed by atoms with Crippen LogP contribution in [0.15, 0.2) is 30.7 Å². The molecule has 104 valence electrons. The van der Waals surface area contributed by atoms with Gasteiger partial charge in [-0.25, -0.2) is 4.98 Å². The van der Waals surface area contributed by atoms with Gasteiger partial charge in [-0.3, -0.25) is 4.79 Å². The Morgan fingerprint density at radius 1 is 1.60 bits per heavy atom. The molecule has 1 N–H and O–H groups in total. The van der Waals surface area contributed by atoms with E-state index in [2.05, 4.69) is 10.3 Å². The van der Waals surface area contributed by atoms with Crippen LogP contribution in [0.25, 0.3) is 0 Å². The van der Waals surface area contributed by atoms with Gasteiger partial charge in [0.15, 0.2) is 0 Å². The van der Waals surface area contributed by atoms with Gasteiger partial charge < -0.3 is 14.6 Å². The summed E-state index contributed by atoms with van der Waals surface area (Å²) in [6.45, 7) is 0.413. The van der Waals surface area contributed by atoms with Crippen LogP contribution in [0, 0.1) is 0 Å². The number of fused-ring (bicyclic) bond motifs is 1. The van der Waals surface area contributed by atoms with Gasteiger partial charge >= 0.3 is 0 Å². The maximum absolute atomic E-state index is 12.1. The number of hydrogen-bond acceptors (Lipinski definition) is 3. The zero-order valence-electron chi connectivity index (χ0n) is 11.0. The molecule has 0 saturated carbocycles. The van der Waals surface area contributed by atoms with Gasteiger partial charge in [0.05, 0.1) is 18.8 Å². The molecule has 1 aliphatic rings. The highest BCUT2D eigenvalue weighted by atomic mass is 35.5. The van der Waals surface area contributed by atoms with Crippen LogP contribution >= 0.6 is 11.6 Å². The van der Waals surface area contributed by atoms with Gasteiger partial charge in [0.2, 0.25) is 5.91 Å². The van der Waals surface area contributed by atoms with Crippen molar-refractivity contribution in [2.24, 2.45) is 7.05 Å². The summed E-state index contributed by atoms with van der Waals surface area (Å²) in [6, 6.07) is 5.30. The van der Waals surface area contributed by atoms with Gasteiger partial charge in [0, 0.05) is 29.5 Å². The molecule has 0 bridgehead atoms. The summed E-state index contributed by atoms with van der Waals surface area (Å²) >= 11 is 6.17. The summed E-state index contributed by atoms with van der Waals surface area (Å²) in [4.78, 5) is 16.1. The number of nitrogens with zero attached hydrogens (tertiary/aromatic N) is 2. The van der Waals surface area contributed by atoms with E-state index in [-0.39, 0.29) is 18.4 Å². The van der Waals surface area contributed by atoms with Crippen LogP contribution in [0.2, 0.25) is 5.02 Å². The highest BCUT2D eigenvalue weighted by molar-refractivity contribution is 6.31. The number of benzene rings is 1. The lowest BCUT2D eigenvalue weighted by Crippen LogP contribution is -2.31. The second-order valence-electron chi connectivity index (χ2n) is 4.76. The largest absolute Gasteiger partial charge is 0.491 e. The third kappa shape index (κ3) is 2.36. The number of ether oxygens (including phenoxy) is 1. The van der Waals surface area contributed by atoms with Crippen LogP contribution in [-0.2, 0) is 18.3 Å². The second-order valence-corrected chi connectivity index (χ2v) is 5.16. The molecule has 1 aromatic heterocycles. The van der Waals surface area contributed by atoms with E-state index < -0.39 is 0 Å². The molecule has 0 spiro atoms. The Kier molecular flexibility index (Phi) is 3.36. The maximum atomic E-state index is 12.1. The number of aryl methyl sites for hydroxylation is 1. The summed E-state index contributed by atoms with van der Waals surface area (Å²) in [5.74, 6) is 0.665. The van der Waals surface area contributed by atoms with Crippen LogP contribution in [-0.4, -0.2) is 22.1 Å². The Balaban J connectivity index is 1.71. The molecular weight excluding hydrogens is 278 g/mol. The van der Waals surface area contributed by atoms with Crippen molar-refractivity contribution < 1.29 is 9.53 Å². The lowest BCUT2D eigenvalue weighted by Gasteiger charge is -2.12. The Hall–Kier alpha value is -2.01. The zero-order valence-corrected chi connectivity index (χ0v) is 11.7. The molecular formula is C14H14ClN3O2. The molecule has 3 rings (SSSR count). The van der Waals surface area contributed by atoms with E-state index in [4.69, 9.17) is 16.3 Å². The van der Waals surface area contributed by atoms with Crippen molar-refractivity contribution in [3.8, 4) is 5.75 Å². The van der Waals surface area contributed by atoms with Crippen LogP contribution in [0.4, 0.5) is 0 Å². The predicted molar refractivity (Wildman–Crippen MR) is 74.7 cm³/mol. The second kappa shape index (κ2) is 5.17. The normalized spacial score (nSPS) is 16.6. The minimum atomic E-state index is -0.195. The van der Waals surface area contributed by atoms with Crippen LogP contribution < -0.4 is 10.1 Å². The number of amides is 1. The van der Waals surface area contributed by atoms with Gasteiger partial charge in [0.25, 0.3) is 0 Å². The van der Waals surface area contributed by atoms with Crippen molar-refractivity contribution in [3.05, 3.63) is 47.0 Å². The van der Waals surface area contributed by atoms with Crippen molar-refractivity contribution in [3.63, 3.8) is 0 Å². The summed E-state index contributed by atoms with van der Waals surface area (Å²) < 4.78 is 7.36. The number of nitrogens with one attached hydrogen (secondary N) is 1. The van der Waals surface area contributed by atoms with E-state index in [1.165, 1.54) is 0 Å². The highest BCUT2D eigenvalue weighted by Gasteiger charge is 2.28. The molecule has 2 heterocycles. The average Bonchev–Trinajstić information content (AvgIpc) is 2.98. The van der Waals surface area contributed by atoms with Gasteiger partial charge in [0.1, 0.15) is 12.4 Å². The van der Waals surface area contributed by atoms with Gasteiger partial charge in [-0.2, -0.15) is 0 Å². The Morgan fingerprint density at radius 3 is 3.20 bits per heavy atom. The number of hydrogen-bond donors (Lipinski definition) is 1. The fraction of sp³-hybridized carbons (Fsp3) is 0.286. The van der Waals surface area contributed by atoms with E-state index in [1.54, 1.807) is 18.6 Å². The zero-order chi connectivity index (χ0) is 14.1. The molecule has 1 atom stereocenters. The standard InChI is InChI=1S/C14H14ClN3O2/c1-18-8-16-6-9(18)5-13(19)17-11-7-20-12-4-2-3-10(15)14(11)12/h2-4,6,8,11H,5,7H2,1H3,(H,17,19)/t11-/m0/s1. The maximum Gasteiger partial charge on any atom is 0.226 e. The van der Waals surface area contributed by atoms with Gasteiger partial charge in [-0.1, -0.05) is 17.7 Å². The number of carbonyl (C=O) groups excluding carboxylic acids is 1. The Labute approximate surface area is 121 Å². The molecule has 0 radical (unpaired) electrons.